The van der Waals surface area contributed by atoms with E-state index in [-0.39, 0.29) is 17.6 Å². The minimum atomic E-state index is -4.99. The summed E-state index contributed by atoms with van der Waals surface area (Å²) < 4.78 is 69.4. The standard InChI is InChI=1S/C18H18BrF3N2O3S/c1-13-3-2-4-15(11-13)23-7-9-24(10-8-23)28(25,26)17-6-5-14(19)12-16(17)27-18(20,21)22/h2-6,11-12H,7-10H2,1H3. The van der Waals surface area contributed by atoms with Crippen molar-refractivity contribution in [2.45, 2.75) is 18.2 Å². The summed E-state index contributed by atoms with van der Waals surface area (Å²) in [4.78, 5) is 1.55. The van der Waals surface area contributed by atoms with Crippen molar-refractivity contribution in [3.8, 4) is 5.75 Å². The predicted molar refractivity (Wildman–Crippen MR) is 103 cm³/mol. The summed E-state index contributed by atoms with van der Waals surface area (Å²) >= 11 is 3.04. The SMILES string of the molecule is Cc1cccc(N2CCN(S(=O)(=O)c3ccc(Br)cc3OC(F)(F)F)CC2)c1. The molecule has 152 valence electrons. The van der Waals surface area contributed by atoms with Crippen LogP contribution < -0.4 is 9.64 Å². The third-order valence-corrected chi connectivity index (χ3v) is 6.79. The Morgan fingerprint density at radius 2 is 1.71 bits per heavy atom. The van der Waals surface area contributed by atoms with Gasteiger partial charge in [0.2, 0.25) is 10.0 Å². The summed E-state index contributed by atoms with van der Waals surface area (Å²) in [5.41, 5.74) is 2.08. The van der Waals surface area contributed by atoms with Gasteiger partial charge in [0.1, 0.15) is 4.90 Å². The number of piperazine rings is 1. The first-order chi connectivity index (χ1) is 13.1. The second kappa shape index (κ2) is 7.92. The van der Waals surface area contributed by atoms with Crippen LogP contribution in [-0.2, 0) is 10.0 Å². The first-order valence-corrected chi connectivity index (χ1v) is 10.7. The predicted octanol–water partition coefficient (Wildman–Crippen LogP) is 4.17. The number of anilines is 1. The zero-order valence-electron chi connectivity index (χ0n) is 14.9. The number of aryl methyl sites for hydroxylation is 1. The third-order valence-electron chi connectivity index (χ3n) is 4.35. The maximum absolute atomic E-state index is 12.9. The van der Waals surface area contributed by atoms with Crippen LogP contribution >= 0.6 is 15.9 Å². The van der Waals surface area contributed by atoms with Gasteiger partial charge in [0, 0.05) is 36.3 Å². The molecule has 3 rings (SSSR count). The zero-order chi connectivity index (χ0) is 20.5. The molecule has 0 unspecified atom stereocenters. The van der Waals surface area contributed by atoms with Crippen molar-refractivity contribution in [1.82, 2.24) is 4.31 Å². The minimum absolute atomic E-state index is 0.164. The number of alkyl halides is 3. The maximum Gasteiger partial charge on any atom is 0.573 e. The zero-order valence-corrected chi connectivity index (χ0v) is 17.3. The summed E-state index contributed by atoms with van der Waals surface area (Å²) in [6.07, 6.45) is -4.99. The van der Waals surface area contributed by atoms with Gasteiger partial charge in [0.25, 0.3) is 0 Å². The van der Waals surface area contributed by atoms with Gasteiger partial charge in [-0.2, -0.15) is 4.31 Å². The van der Waals surface area contributed by atoms with E-state index in [1.807, 2.05) is 36.1 Å². The number of nitrogens with zero attached hydrogens (tertiary/aromatic N) is 2. The molecular weight excluding hydrogens is 461 g/mol. The molecule has 0 bridgehead atoms. The highest BCUT2D eigenvalue weighted by molar-refractivity contribution is 9.10. The first-order valence-electron chi connectivity index (χ1n) is 8.43. The van der Waals surface area contributed by atoms with Crippen LogP contribution in [0.25, 0.3) is 0 Å². The summed E-state index contributed by atoms with van der Waals surface area (Å²) in [5, 5.41) is 0. The number of hydrogen-bond donors (Lipinski definition) is 0. The fraction of sp³-hybridized carbons (Fsp3) is 0.333. The summed E-state index contributed by atoms with van der Waals surface area (Å²) in [5.74, 6) is -0.747. The molecule has 28 heavy (non-hydrogen) atoms. The molecule has 0 saturated carbocycles. The Morgan fingerprint density at radius 3 is 2.32 bits per heavy atom. The average molecular weight is 479 g/mol. The molecule has 0 aliphatic carbocycles. The van der Waals surface area contributed by atoms with Gasteiger partial charge in [-0.25, -0.2) is 8.42 Å². The molecule has 2 aromatic rings. The Labute approximate surface area is 169 Å². The smallest absolute Gasteiger partial charge is 0.404 e. The lowest BCUT2D eigenvalue weighted by molar-refractivity contribution is -0.275. The van der Waals surface area contributed by atoms with Crippen molar-refractivity contribution in [1.29, 1.82) is 0 Å². The highest BCUT2D eigenvalue weighted by Crippen LogP contribution is 2.34. The lowest BCUT2D eigenvalue weighted by Gasteiger charge is -2.35. The van der Waals surface area contributed by atoms with E-state index in [1.165, 1.54) is 10.4 Å². The van der Waals surface area contributed by atoms with Gasteiger partial charge in [0.15, 0.2) is 5.75 Å². The topological polar surface area (TPSA) is 49.9 Å². The fourth-order valence-corrected chi connectivity index (χ4v) is 4.91. The van der Waals surface area contributed by atoms with Gasteiger partial charge in [-0.15, -0.1) is 13.2 Å². The highest BCUT2D eigenvalue weighted by Gasteiger charge is 2.36. The Kier molecular flexibility index (Phi) is 5.92. The van der Waals surface area contributed by atoms with Crippen molar-refractivity contribution in [3.05, 3.63) is 52.5 Å². The Hall–Kier alpha value is -1.78. The molecule has 1 aliphatic heterocycles. The third kappa shape index (κ3) is 4.79. The molecule has 1 fully saturated rings. The summed E-state index contributed by atoms with van der Waals surface area (Å²) in [6, 6.07) is 11.3. The van der Waals surface area contributed by atoms with E-state index >= 15 is 0 Å². The number of hydrogen-bond acceptors (Lipinski definition) is 4. The number of ether oxygens (including phenoxy) is 1. The molecule has 0 aromatic heterocycles. The molecular formula is C18H18BrF3N2O3S. The van der Waals surface area contributed by atoms with Crippen LogP contribution in [0.3, 0.4) is 0 Å². The van der Waals surface area contributed by atoms with Crippen molar-refractivity contribution >= 4 is 31.6 Å². The largest absolute Gasteiger partial charge is 0.573 e. The Morgan fingerprint density at radius 1 is 1.04 bits per heavy atom. The van der Waals surface area contributed by atoms with Gasteiger partial charge in [-0.3, -0.25) is 0 Å². The molecule has 0 N–H and O–H groups in total. The van der Waals surface area contributed by atoms with Crippen LogP contribution in [0.15, 0.2) is 51.8 Å². The van der Waals surface area contributed by atoms with E-state index in [1.54, 1.807) is 0 Å². The quantitative estimate of drug-likeness (QED) is 0.661. The molecule has 0 radical (unpaired) electrons. The van der Waals surface area contributed by atoms with Crippen molar-refractivity contribution in [3.63, 3.8) is 0 Å². The van der Waals surface area contributed by atoms with Crippen LogP contribution in [0.4, 0.5) is 18.9 Å². The first kappa shape index (κ1) is 20.9. The molecule has 0 atom stereocenters. The van der Waals surface area contributed by atoms with Gasteiger partial charge in [-0.1, -0.05) is 28.1 Å². The lowest BCUT2D eigenvalue weighted by Crippen LogP contribution is -2.48. The number of halogens is 4. The number of rotatable bonds is 4. The van der Waals surface area contributed by atoms with Crippen LogP contribution in [0, 0.1) is 6.92 Å². The molecule has 1 saturated heterocycles. The molecule has 1 aliphatic rings. The lowest BCUT2D eigenvalue weighted by atomic mass is 10.2. The van der Waals surface area contributed by atoms with E-state index < -0.39 is 27.0 Å². The van der Waals surface area contributed by atoms with Gasteiger partial charge < -0.3 is 9.64 Å². The molecule has 0 spiro atoms. The summed E-state index contributed by atoms with van der Waals surface area (Å²) in [7, 11) is -4.13. The second-order valence-electron chi connectivity index (χ2n) is 6.37. The molecule has 0 amide bonds. The van der Waals surface area contributed by atoms with Crippen molar-refractivity contribution in [2.75, 3.05) is 31.1 Å². The number of sulfonamides is 1. The molecule has 10 heteroatoms. The Balaban J connectivity index is 1.81. The van der Waals surface area contributed by atoms with E-state index in [4.69, 9.17) is 0 Å². The van der Waals surface area contributed by atoms with E-state index in [2.05, 4.69) is 20.7 Å². The number of benzene rings is 2. The second-order valence-corrected chi connectivity index (χ2v) is 9.19. The average Bonchev–Trinajstić information content (AvgIpc) is 2.60. The maximum atomic E-state index is 12.9. The van der Waals surface area contributed by atoms with E-state index in [9.17, 15) is 21.6 Å². The molecule has 5 nitrogen and oxygen atoms in total. The normalized spacial score (nSPS) is 16.2. The monoisotopic (exact) mass is 478 g/mol. The molecule has 1 heterocycles. The van der Waals surface area contributed by atoms with Crippen LogP contribution in [-0.4, -0.2) is 45.3 Å². The van der Waals surface area contributed by atoms with Gasteiger partial charge in [0.05, 0.1) is 0 Å². The minimum Gasteiger partial charge on any atom is -0.404 e. The Bertz CT molecular complexity index is 959. The van der Waals surface area contributed by atoms with Crippen molar-refractivity contribution in [2.24, 2.45) is 0 Å². The van der Waals surface area contributed by atoms with Crippen LogP contribution in [0.1, 0.15) is 5.56 Å². The van der Waals surface area contributed by atoms with Gasteiger partial charge >= 0.3 is 6.36 Å². The van der Waals surface area contributed by atoms with E-state index in [0.717, 1.165) is 23.4 Å². The van der Waals surface area contributed by atoms with Gasteiger partial charge in [-0.05, 0) is 42.8 Å². The van der Waals surface area contributed by atoms with Crippen LogP contribution in [0.2, 0.25) is 0 Å². The van der Waals surface area contributed by atoms with Crippen LogP contribution in [0.5, 0.6) is 5.75 Å². The summed E-state index contributed by atoms with van der Waals surface area (Å²) in [6.45, 7) is 3.18. The van der Waals surface area contributed by atoms with E-state index in [0.29, 0.717) is 13.1 Å². The fourth-order valence-electron chi connectivity index (χ4n) is 3.05. The highest BCUT2D eigenvalue weighted by atomic mass is 79.9. The molecule has 2 aromatic carbocycles. The van der Waals surface area contributed by atoms with Crippen molar-refractivity contribution < 1.29 is 26.3 Å².